The molecule has 6 heteroatoms. The lowest BCUT2D eigenvalue weighted by molar-refractivity contribution is -0.882. The molecule has 2 amide bonds. The molecule has 0 saturated carbocycles. The van der Waals surface area contributed by atoms with Gasteiger partial charge in [0.2, 0.25) is 0 Å². The molecular formula is C22H28N3O3+. The normalized spacial score (nSPS) is 14.1. The summed E-state index contributed by atoms with van der Waals surface area (Å²) in [5.41, 5.74) is 3.18. The predicted molar refractivity (Wildman–Crippen MR) is 108 cm³/mol. The first-order valence-electron chi connectivity index (χ1n) is 9.71. The van der Waals surface area contributed by atoms with Gasteiger partial charge in [-0.25, -0.2) is 0 Å². The Kier molecular flexibility index (Phi) is 6.66. The lowest BCUT2D eigenvalue weighted by Crippen LogP contribution is -3.14. The number of benzene rings is 2. The first kappa shape index (κ1) is 19.9. The molecule has 1 aliphatic heterocycles. The van der Waals surface area contributed by atoms with Crippen molar-refractivity contribution in [3.8, 4) is 5.75 Å². The fraction of sp³-hybridized carbons (Fsp3) is 0.364. The van der Waals surface area contributed by atoms with Gasteiger partial charge in [-0.15, -0.1) is 0 Å². The molecule has 0 fully saturated rings. The average Bonchev–Trinajstić information content (AvgIpc) is 2.73. The molecule has 148 valence electrons. The van der Waals surface area contributed by atoms with E-state index in [9.17, 15) is 9.59 Å². The molecule has 1 aliphatic rings. The van der Waals surface area contributed by atoms with Crippen LogP contribution in [-0.2, 0) is 22.6 Å². The Balaban J connectivity index is 1.55. The van der Waals surface area contributed by atoms with Crippen LogP contribution in [0.1, 0.15) is 18.1 Å². The zero-order chi connectivity index (χ0) is 19.9. The van der Waals surface area contributed by atoms with Gasteiger partial charge in [0.1, 0.15) is 5.75 Å². The van der Waals surface area contributed by atoms with E-state index in [1.165, 1.54) is 11.1 Å². The molecule has 1 heterocycles. The lowest BCUT2D eigenvalue weighted by Gasteiger charge is -2.29. The summed E-state index contributed by atoms with van der Waals surface area (Å²) in [4.78, 5) is 28.1. The standard InChI is InChI=1S/C22H27N3O3/c1-3-24(15-21(26)23-19-10-6-7-11-20(19)28-2)16-22(27)25-13-12-17-8-4-5-9-18(17)14-25/h4-11H,3,12-16H2,1-2H3,(H,23,26)/p+1. The summed E-state index contributed by atoms with van der Waals surface area (Å²) in [6, 6.07) is 15.6. The monoisotopic (exact) mass is 382 g/mol. The number of anilines is 1. The summed E-state index contributed by atoms with van der Waals surface area (Å²) in [7, 11) is 1.57. The summed E-state index contributed by atoms with van der Waals surface area (Å²) in [6.45, 7) is 4.64. The van der Waals surface area contributed by atoms with Gasteiger partial charge in [0.25, 0.3) is 11.8 Å². The molecule has 0 saturated heterocycles. The Morgan fingerprint density at radius 3 is 2.54 bits per heavy atom. The van der Waals surface area contributed by atoms with E-state index in [4.69, 9.17) is 4.74 Å². The van der Waals surface area contributed by atoms with Crippen LogP contribution in [0.2, 0.25) is 0 Å². The third kappa shape index (κ3) is 4.89. The minimum absolute atomic E-state index is 0.0939. The Bertz CT molecular complexity index is 837. The van der Waals surface area contributed by atoms with E-state index in [-0.39, 0.29) is 18.4 Å². The maximum absolute atomic E-state index is 12.8. The van der Waals surface area contributed by atoms with Crippen LogP contribution in [0.5, 0.6) is 5.75 Å². The van der Waals surface area contributed by atoms with Gasteiger partial charge in [-0.1, -0.05) is 36.4 Å². The van der Waals surface area contributed by atoms with Gasteiger partial charge >= 0.3 is 0 Å². The number of amides is 2. The van der Waals surface area contributed by atoms with Gasteiger partial charge in [0.05, 0.1) is 19.3 Å². The molecule has 2 aromatic rings. The molecular weight excluding hydrogens is 354 g/mol. The van der Waals surface area contributed by atoms with Crippen molar-refractivity contribution >= 4 is 17.5 Å². The number of hydrogen-bond acceptors (Lipinski definition) is 3. The van der Waals surface area contributed by atoms with E-state index >= 15 is 0 Å². The maximum atomic E-state index is 12.8. The largest absolute Gasteiger partial charge is 0.495 e. The van der Waals surface area contributed by atoms with Crippen LogP contribution in [0.4, 0.5) is 5.69 Å². The Hall–Kier alpha value is -2.86. The molecule has 0 radical (unpaired) electrons. The van der Waals surface area contributed by atoms with Crippen LogP contribution in [-0.4, -0.2) is 50.0 Å². The zero-order valence-corrected chi connectivity index (χ0v) is 16.5. The van der Waals surface area contributed by atoms with Crippen LogP contribution in [0.25, 0.3) is 0 Å². The van der Waals surface area contributed by atoms with E-state index in [2.05, 4.69) is 17.4 Å². The Morgan fingerprint density at radius 1 is 1.07 bits per heavy atom. The third-order valence-electron chi connectivity index (χ3n) is 5.18. The lowest BCUT2D eigenvalue weighted by atomic mass is 10.00. The number of quaternary nitrogens is 1. The van der Waals surface area contributed by atoms with Gasteiger partial charge < -0.3 is 19.9 Å². The van der Waals surface area contributed by atoms with E-state index < -0.39 is 0 Å². The Morgan fingerprint density at radius 2 is 1.79 bits per heavy atom. The average molecular weight is 382 g/mol. The minimum atomic E-state index is -0.127. The molecule has 6 nitrogen and oxygen atoms in total. The van der Waals surface area contributed by atoms with Crippen molar-refractivity contribution in [3.63, 3.8) is 0 Å². The van der Waals surface area contributed by atoms with Crippen molar-refractivity contribution in [2.45, 2.75) is 19.9 Å². The fourth-order valence-corrected chi connectivity index (χ4v) is 3.52. The van der Waals surface area contributed by atoms with Gasteiger partial charge in [-0.3, -0.25) is 9.59 Å². The molecule has 28 heavy (non-hydrogen) atoms. The summed E-state index contributed by atoms with van der Waals surface area (Å²) >= 11 is 0. The number of nitrogens with one attached hydrogen (secondary N) is 2. The first-order valence-corrected chi connectivity index (χ1v) is 9.71. The molecule has 0 aliphatic carbocycles. The van der Waals surface area contributed by atoms with E-state index in [0.29, 0.717) is 31.1 Å². The smallest absolute Gasteiger partial charge is 0.279 e. The summed E-state index contributed by atoms with van der Waals surface area (Å²) in [6.07, 6.45) is 0.887. The molecule has 1 unspecified atom stereocenters. The number of carbonyl (C=O) groups is 2. The number of carbonyl (C=O) groups excluding carboxylic acids is 2. The van der Waals surface area contributed by atoms with Crippen LogP contribution in [0.15, 0.2) is 48.5 Å². The summed E-state index contributed by atoms with van der Waals surface area (Å²) < 4.78 is 5.27. The second kappa shape index (κ2) is 9.37. The third-order valence-corrected chi connectivity index (χ3v) is 5.18. The van der Waals surface area contributed by atoms with Crippen molar-refractivity contribution in [1.29, 1.82) is 0 Å². The number of methoxy groups -OCH3 is 1. The van der Waals surface area contributed by atoms with Crippen LogP contribution in [0, 0.1) is 0 Å². The number of hydrogen-bond donors (Lipinski definition) is 2. The predicted octanol–water partition coefficient (Wildman–Crippen LogP) is 1.12. The van der Waals surface area contributed by atoms with E-state index in [1.807, 2.05) is 36.1 Å². The quantitative estimate of drug-likeness (QED) is 0.755. The fourth-order valence-electron chi connectivity index (χ4n) is 3.52. The summed E-state index contributed by atoms with van der Waals surface area (Å²) in [5, 5.41) is 2.88. The molecule has 1 atom stereocenters. The number of nitrogens with zero attached hydrogens (tertiary/aromatic N) is 1. The zero-order valence-electron chi connectivity index (χ0n) is 16.5. The van der Waals surface area contributed by atoms with Crippen LogP contribution >= 0.6 is 0 Å². The maximum Gasteiger partial charge on any atom is 0.279 e. The van der Waals surface area contributed by atoms with E-state index in [0.717, 1.165) is 17.9 Å². The van der Waals surface area contributed by atoms with Crippen molar-refractivity contribution in [2.24, 2.45) is 0 Å². The van der Waals surface area contributed by atoms with Gasteiger partial charge in [-0.05, 0) is 36.6 Å². The van der Waals surface area contributed by atoms with Crippen LogP contribution in [0.3, 0.4) is 0 Å². The highest BCUT2D eigenvalue weighted by Crippen LogP contribution is 2.22. The number of para-hydroxylation sites is 2. The van der Waals surface area contributed by atoms with Crippen molar-refractivity contribution in [2.75, 3.05) is 38.6 Å². The number of rotatable bonds is 7. The van der Waals surface area contributed by atoms with E-state index in [1.54, 1.807) is 19.2 Å². The van der Waals surface area contributed by atoms with Crippen LogP contribution < -0.4 is 15.0 Å². The second-order valence-electron chi connectivity index (χ2n) is 7.04. The highest BCUT2D eigenvalue weighted by molar-refractivity contribution is 5.93. The molecule has 2 N–H and O–H groups in total. The van der Waals surface area contributed by atoms with Crippen molar-refractivity contribution in [3.05, 3.63) is 59.7 Å². The molecule has 0 aromatic heterocycles. The van der Waals surface area contributed by atoms with Gasteiger partial charge in [0, 0.05) is 13.1 Å². The Labute approximate surface area is 166 Å². The number of likely N-dealkylation sites (N-methyl/N-ethyl adjacent to an activating group) is 1. The van der Waals surface area contributed by atoms with Crippen molar-refractivity contribution in [1.82, 2.24) is 4.90 Å². The topological polar surface area (TPSA) is 63.1 Å². The molecule has 0 spiro atoms. The minimum Gasteiger partial charge on any atom is -0.495 e. The summed E-state index contributed by atoms with van der Waals surface area (Å²) in [5.74, 6) is 0.589. The number of fused-ring (bicyclic) bond motifs is 1. The van der Waals surface area contributed by atoms with Gasteiger partial charge in [-0.2, -0.15) is 0 Å². The SMILES string of the molecule is CC[NH+](CC(=O)Nc1ccccc1OC)CC(=O)N1CCc2ccccc2C1. The highest BCUT2D eigenvalue weighted by Gasteiger charge is 2.24. The molecule has 3 rings (SSSR count). The van der Waals surface area contributed by atoms with Gasteiger partial charge in [0.15, 0.2) is 13.1 Å². The first-order chi connectivity index (χ1) is 13.6. The van der Waals surface area contributed by atoms with Crippen molar-refractivity contribution < 1.29 is 19.2 Å². The molecule has 0 bridgehead atoms. The molecule has 2 aromatic carbocycles. The number of ether oxygens (including phenoxy) is 1. The highest BCUT2D eigenvalue weighted by atomic mass is 16.5. The second-order valence-corrected chi connectivity index (χ2v) is 7.04.